The average molecular weight is 199 g/mol. The Kier molecular flexibility index (Phi) is 2.52. The molecular formula is C13H13NO. The van der Waals surface area contributed by atoms with Crippen LogP contribution in [0.1, 0.15) is 24.3 Å². The Morgan fingerprint density at radius 1 is 1.33 bits per heavy atom. The van der Waals surface area contributed by atoms with Gasteiger partial charge in [0.1, 0.15) is 0 Å². The molecule has 0 saturated carbocycles. The maximum absolute atomic E-state index is 9.43. The molecule has 1 heterocycles. The number of aliphatic hydroxyl groups excluding tert-OH is 1. The van der Waals surface area contributed by atoms with Crippen LogP contribution in [0, 0.1) is 0 Å². The van der Waals surface area contributed by atoms with E-state index in [2.05, 4.69) is 11.6 Å². The van der Waals surface area contributed by atoms with Crippen LogP contribution in [0.25, 0.3) is 17.0 Å². The number of hydrogen-bond acceptors (Lipinski definition) is 2. The van der Waals surface area contributed by atoms with Crippen molar-refractivity contribution >= 4 is 17.0 Å². The molecule has 0 aliphatic heterocycles. The normalized spacial score (nSPS) is 12.7. The minimum Gasteiger partial charge on any atom is -0.387 e. The van der Waals surface area contributed by atoms with Crippen LogP contribution >= 0.6 is 0 Å². The van der Waals surface area contributed by atoms with Crippen molar-refractivity contribution in [3.63, 3.8) is 0 Å². The molecule has 1 unspecified atom stereocenters. The summed E-state index contributed by atoms with van der Waals surface area (Å²) >= 11 is 0. The van der Waals surface area contributed by atoms with Gasteiger partial charge in [-0.05, 0) is 24.6 Å². The van der Waals surface area contributed by atoms with Crippen LogP contribution in [0.4, 0.5) is 0 Å². The van der Waals surface area contributed by atoms with Crippen LogP contribution in [0.3, 0.4) is 0 Å². The molecule has 15 heavy (non-hydrogen) atoms. The molecule has 2 nitrogen and oxygen atoms in total. The van der Waals surface area contributed by atoms with Gasteiger partial charge in [0.2, 0.25) is 0 Å². The van der Waals surface area contributed by atoms with E-state index < -0.39 is 6.10 Å². The topological polar surface area (TPSA) is 33.1 Å². The summed E-state index contributed by atoms with van der Waals surface area (Å²) in [7, 11) is 0. The van der Waals surface area contributed by atoms with Gasteiger partial charge in [-0.3, -0.25) is 4.98 Å². The molecule has 0 bridgehead atoms. The van der Waals surface area contributed by atoms with Gasteiger partial charge in [-0.1, -0.05) is 30.9 Å². The number of aromatic nitrogens is 1. The fraction of sp³-hybridized carbons (Fsp3) is 0.154. The number of fused-ring (bicyclic) bond motifs is 1. The SMILES string of the molecule is C=Cc1ccc2ccc(C(C)O)nc2c1. The lowest BCUT2D eigenvalue weighted by atomic mass is 10.1. The van der Waals surface area contributed by atoms with E-state index >= 15 is 0 Å². The smallest absolute Gasteiger partial charge is 0.0932 e. The zero-order valence-electron chi connectivity index (χ0n) is 8.64. The van der Waals surface area contributed by atoms with Gasteiger partial charge in [-0.2, -0.15) is 0 Å². The predicted molar refractivity (Wildman–Crippen MR) is 62.5 cm³/mol. The van der Waals surface area contributed by atoms with Crippen LogP contribution in [0.5, 0.6) is 0 Å². The third-order valence-corrected chi connectivity index (χ3v) is 2.40. The zero-order chi connectivity index (χ0) is 10.8. The highest BCUT2D eigenvalue weighted by Crippen LogP contribution is 2.18. The first kappa shape index (κ1) is 9.87. The lowest BCUT2D eigenvalue weighted by Crippen LogP contribution is -1.95. The van der Waals surface area contributed by atoms with Crippen molar-refractivity contribution in [3.05, 3.63) is 48.2 Å². The maximum atomic E-state index is 9.43. The van der Waals surface area contributed by atoms with Gasteiger partial charge in [0.25, 0.3) is 0 Å². The van der Waals surface area contributed by atoms with Gasteiger partial charge >= 0.3 is 0 Å². The fourth-order valence-corrected chi connectivity index (χ4v) is 1.51. The second-order valence-corrected chi connectivity index (χ2v) is 3.57. The Morgan fingerprint density at radius 3 is 2.73 bits per heavy atom. The molecule has 76 valence electrons. The van der Waals surface area contributed by atoms with Gasteiger partial charge in [0.05, 0.1) is 17.3 Å². The van der Waals surface area contributed by atoms with Crippen molar-refractivity contribution in [3.8, 4) is 0 Å². The number of benzene rings is 1. The van der Waals surface area contributed by atoms with Gasteiger partial charge in [-0.25, -0.2) is 0 Å². The van der Waals surface area contributed by atoms with E-state index in [0.717, 1.165) is 16.5 Å². The Bertz CT molecular complexity index is 503. The third-order valence-electron chi connectivity index (χ3n) is 2.40. The summed E-state index contributed by atoms with van der Waals surface area (Å²) in [5.74, 6) is 0. The van der Waals surface area contributed by atoms with E-state index in [1.807, 2.05) is 30.3 Å². The average Bonchev–Trinajstić information content (AvgIpc) is 2.27. The molecule has 0 spiro atoms. The highest BCUT2D eigenvalue weighted by atomic mass is 16.3. The van der Waals surface area contributed by atoms with E-state index in [4.69, 9.17) is 0 Å². The van der Waals surface area contributed by atoms with Crippen LogP contribution < -0.4 is 0 Å². The van der Waals surface area contributed by atoms with Crippen LogP contribution in [0.15, 0.2) is 36.9 Å². The molecule has 1 N–H and O–H groups in total. The summed E-state index contributed by atoms with van der Waals surface area (Å²) < 4.78 is 0. The van der Waals surface area contributed by atoms with Crippen molar-refractivity contribution in [1.82, 2.24) is 4.98 Å². The van der Waals surface area contributed by atoms with Crippen LogP contribution in [0.2, 0.25) is 0 Å². The van der Waals surface area contributed by atoms with Crippen LogP contribution in [-0.4, -0.2) is 10.1 Å². The molecule has 2 aromatic rings. The predicted octanol–water partition coefficient (Wildman–Crippen LogP) is 2.93. The number of hydrogen-bond donors (Lipinski definition) is 1. The van der Waals surface area contributed by atoms with Crippen molar-refractivity contribution in [2.45, 2.75) is 13.0 Å². The molecule has 2 rings (SSSR count). The van der Waals surface area contributed by atoms with Gasteiger partial charge in [-0.15, -0.1) is 0 Å². The van der Waals surface area contributed by atoms with Crippen molar-refractivity contribution < 1.29 is 5.11 Å². The zero-order valence-corrected chi connectivity index (χ0v) is 8.64. The quantitative estimate of drug-likeness (QED) is 0.806. The number of rotatable bonds is 2. The lowest BCUT2D eigenvalue weighted by Gasteiger charge is -2.05. The van der Waals surface area contributed by atoms with Crippen molar-refractivity contribution in [2.24, 2.45) is 0 Å². The number of aliphatic hydroxyl groups is 1. The Labute approximate surface area is 88.9 Å². The molecule has 0 fully saturated rings. The van der Waals surface area contributed by atoms with Gasteiger partial charge in [0, 0.05) is 5.39 Å². The Hall–Kier alpha value is -1.67. The van der Waals surface area contributed by atoms with E-state index in [0.29, 0.717) is 5.69 Å². The van der Waals surface area contributed by atoms with Crippen LogP contribution in [-0.2, 0) is 0 Å². The minimum absolute atomic E-state index is 0.526. The lowest BCUT2D eigenvalue weighted by molar-refractivity contribution is 0.195. The van der Waals surface area contributed by atoms with Gasteiger partial charge < -0.3 is 5.11 Å². The summed E-state index contributed by atoms with van der Waals surface area (Å²) in [4.78, 5) is 4.39. The second-order valence-electron chi connectivity index (χ2n) is 3.57. The highest BCUT2D eigenvalue weighted by Gasteiger charge is 2.03. The summed E-state index contributed by atoms with van der Waals surface area (Å²) in [6.07, 6.45) is 1.26. The van der Waals surface area contributed by atoms with E-state index in [1.165, 1.54) is 0 Å². The van der Waals surface area contributed by atoms with E-state index in [-0.39, 0.29) is 0 Å². The molecule has 1 atom stereocenters. The second kappa shape index (κ2) is 3.83. The first-order valence-electron chi connectivity index (χ1n) is 4.92. The molecule has 0 aliphatic carbocycles. The summed E-state index contributed by atoms with van der Waals surface area (Å²) in [5, 5.41) is 10.5. The fourth-order valence-electron chi connectivity index (χ4n) is 1.51. The van der Waals surface area contributed by atoms with E-state index in [1.54, 1.807) is 13.0 Å². The Morgan fingerprint density at radius 2 is 2.07 bits per heavy atom. The molecule has 2 heteroatoms. The number of pyridine rings is 1. The third kappa shape index (κ3) is 1.90. The summed E-state index contributed by atoms with van der Waals surface area (Å²) in [5.41, 5.74) is 2.63. The Balaban J connectivity index is 2.62. The molecule has 0 saturated heterocycles. The van der Waals surface area contributed by atoms with Crippen molar-refractivity contribution in [1.29, 1.82) is 0 Å². The summed E-state index contributed by atoms with van der Waals surface area (Å²) in [6.45, 7) is 5.43. The summed E-state index contributed by atoms with van der Waals surface area (Å²) in [6, 6.07) is 9.79. The molecule has 1 aromatic heterocycles. The highest BCUT2D eigenvalue weighted by molar-refractivity contribution is 5.81. The monoisotopic (exact) mass is 199 g/mol. The number of nitrogens with zero attached hydrogens (tertiary/aromatic N) is 1. The maximum Gasteiger partial charge on any atom is 0.0932 e. The molecule has 0 amide bonds. The molecule has 1 aromatic carbocycles. The van der Waals surface area contributed by atoms with E-state index in [9.17, 15) is 5.11 Å². The molecular weight excluding hydrogens is 186 g/mol. The minimum atomic E-state index is -0.526. The molecule has 0 radical (unpaired) electrons. The first-order valence-corrected chi connectivity index (χ1v) is 4.92. The van der Waals surface area contributed by atoms with Gasteiger partial charge in [0.15, 0.2) is 0 Å². The first-order chi connectivity index (χ1) is 7.20. The molecule has 0 aliphatic rings. The van der Waals surface area contributed by atoms with Crippen molar-refractivity contribution in [2.75, 3.05) is 0 Å². The standard InChI is InChI=1S/C13H13NO/c1-3-10-4-5-11-6-7-12(9(2)15)14-13(11)8-10/h3-9,15H,1H2,2H3. The largest absolute Gasteiger partial charge is 0.387 e.